The quantitative estimate of drug-likeness (QED) is 0.698. The van der Waals surface area contributed by atoms with E-state index >= 15 is 0 Å². The Labute approximate surface area is 140 Å². The van der Waals surface area contributed by atoms with Crippen LogP contribution >= 0.6 is 0 Å². The minimum absolute atomic E-state index is 0.0306. The fraction of sp³-hybridized carbons (Fsp3) is 0.900. The molecule has 1 saturated carbocycles. The molecule has 0 aromatic heterocycles. The van der Waals surface area contributed by atoms with Gasteiger partial charge in [0.15, 0.2) is 0 Å². The Morgan fingerprint density at radius 3 is 2.48 bits per heavy atom. The second-order valence-corrected chi connectivity index (χ2v) is 9.33. The maximum atomic E-state index is 10.3. The second-order valence-electron chi connectivity index (χ2n) is 9.33. The summed E-state index contributed by atoms with van der Waals surface area (Å²) in [5.74, 6) is 0.756. The van der Waals surface area contributed by atoms with E-state index in [0.717, 1.165) is 31.6 Å². The van der Waals surface area contributed by atoms with Gasteiger partial charge in [-0.2, -0.15) is 0 Å². The van der Waals surface area contributed by atoms with E-state index in [1.807, 2.05) is 0 Å². The average molecular weight is 322 g/mol. The van der Waals surface area contributed by atoms with Gasteiger partial charge in [0.05, 0.1) is 19.3 Å². The zero-order chi connectivity index (χ0) is 16.9. The smallest absolute Gasteiger partial charge is 0.0852 e. The van der Waals surface area contributed by atoms with Gasteiger partial charge in [0.1, 0.15) is 0 Å². The lowest BCUT2D eigenvalue weighted by Crippen LogP contribution is -2.49. The molecule has 0 radical (unpaired) electrons. The van der Waals surface area contributed by atoms with Crippen LogP contribution in [0.5, 0.6) is 0 Å². The summed E-state index contributed by atoms with van der Waals surface area (Å²) in [5.41, 5.74) is 3.31. The van der Waals surface area contributed by atoms with Gasteiger partial charge in [0, 0.05) is 5.41 Å². The van der Waals surface area contributed by atoms with Crippen LogP contribution < -0.4 is 0 Å². The maximum absolute atomic E-state index is 10.3. The maximum Gasteiger partial charge on any atom is 0.0852 e. The van der Waals surface area contributed by atoms with Crippen molar-refractivity contribution in [3.63, 3.8) is 0 Å². The van der Waals surface area contributed by atoms with Crippen LogP contribution in [0.1, 0.15) is 72.1 Å². The first-order chi connectivity index (χ1) is 10.8. The first kappa shape index (κ1) is 17.4. The molecule has 3 nitrogen and oxygen atoms in total. The number of aliphatic hydroxyl groups excluding tert-OH is 3. The van der Waals surface area contributed by atoms with Crippen molar-refractivity contribution in [3.8, 4) is 0 Å². The van der Waals surface area contributed by atoms with Crippen LogP contribution in [-0.2, 0) is 0 Å². The number of hydrogen-bond donors (Lipinski definition) is 3. The van der Waals surface area contributed by atoms with E-state index in [4.69, 9.17) is 0 Å². The van der Waals surface area contributed by atoms with Crippen molar-refractivity contribution in [1.82, 2.24) is 0 Å². The number of hydrogen-bond acceptors (Lipinski definition) is 3. The van der Waals surface area contributed by atoms with Crippen molar-refractivity contribution in [1.29, 1.82) is 0 Å². The predicted molar refractivity (Wildman–Crippen MR) is 92.0 cm³/mol. The minimum Gasteiger partial charge on any atom is -0.396 e. The fourth-order valence-electron chi connectivity index (χ4n) is 6.33. The average Bonchev–Trinajstić information content (AvgIpc) is 2.52. The molecule has 4 atom stereocenters. The van der Waals surface area contributed by atoms with Crippen molar-refractivity contribution in [2.24, 2.45) is 22.2 Å². The molecule has 0 bridgehead atoms. The van der Waals surface area contributed by atoms with Gasteiger partial charge in [0.2, 0.25) is 0 Å². The Morgan fingerprint density at radius 1 is 1.09 bits per heavy atom. The molecule has 3 aliphatic rings. The molecule has 3 aliphatic carbocycles. The molecular formula is C20H34O3. The monoisotopic (exact) mass is 322 g/mol. The Hall–Kier alpha value is -0.380. The van der Waals surface area contributed by atoms with E-state index in [-0.39, 0.29) is 13.2 Å². The Morgan fingerprint density at radius 2 is 1.83 bits per heavy atom. The van der Waals surface area contributed by atoms with E-state index in [1.54, 1.807) is 5.57 Å². The molecule has 132 valence electrons. The third-order valence-electron chi connectivity index (χ3n) is 7.71. The van der Waals surface area contributed by atoms with Crippen LogP contribution in [0.15, 0.2) is 11.1 Å². The summed E-state index contributed by atoms with van der Waals surface area (Å²) in [7, 11) is 0. The third-order valence-corrected chi connectivity index (χ3v) is 7.71. The Bertz CT molecular complexity index is 495. The summed E-state index contributed by atoms with van der Waals surface area (Å²) in [6, 6.07) is 0. The van der Waals surface area contributed by atoms with Gasteiger partial charge in [-0.05, 0) is 61.7 Å². The molecule has 3 N–H and O–H groups in total. The standard InChI is InChI=1S/C20H34O3/c1-18(2)8-4-9-19(3)15-7-10-20(13-22,17(23)12-21)11-14(15)5-6-16(18)19/h16-17,21-23H,4-13H2,1-3H3/t16-,17?,19+,20+/m0/s1. The lowest BCUT2D eigenvalue weighted by atomic mass is 9.47. The first-order valence-corrected chi connectivity index (χ1v) is 9.40. The molecule has 0 saturated heterocycles. The van der Waals surface area contributed by atoms with Gasteiger partial charge in [0.25, 0.3) is 0 Å². The lowest BCUT2D eigenvalue weighted by molar-refractivity contribution is -0.0630. The molecule has 0 heterocycles. The zero-order valence-electron chi connectivity index (χ0n) is 15.1. The number of fused-ring (bicyclic) bond motifs is 2. The molecular weight excluding hydrogens is 288 g/mol. The summed E-state index contributed by atoms with van der Waals surface area (Å²) in [4.78, 5) is 0. The van der Waals surface area contributed by atoms with Crippen molar-refractivity contribution in [2.75, 3.05) is 13.2 Å². The van der Waals surface area contributed by atoms with Crippen molar-refractivity contribution in [3.05, 3.63) is 11.1 Å². The third kappa shape index (κ3) is 2.60. The van der Waals surface area contributed by atoms with Gasteiger partial charge in [-0.25, -0.2) is 0 Å². The summed E-state index contributed by atoms with van der Waals surface area (Å²) in [6.45, 7) is 7.07. The highest BCUT2D eigenvalue weighted by Gasteiger charge is 2.53. The number of aliphatic hydroxyl groups is 3. The van der Waals surface area contributed by atoms with Crippen LogP contribution in [0, 0.1) is 22.2 Å². The van der Waals surface area contributed by atoms with Crippen molar-refractivity contribution >= 4 is 0 Å². The van der Waals surface area contributed by atoms with Gasteiger partial charge >= 0.3 is 0 Å². The molecule has 0 aromatic carbocycles. The van der Waals surface area contributed by atoms with Gasteiger partial charge in [-0.3, -0.25) is 0 Å². The molecule has 0 amide bonds. The highest BCUT2D eigenvalue weighted by Crippen LogP contribution is 2.63. The highest BCUT2D eigenvalue weighted by molar-refractivity contribution is 5.32. The molecule has 1 fully saturated rings. The van der Waals surface area contributed by atoms with Crippen LogP contribution in [0.4, 0.5) is 0 Å². The van der Waals surface area contributed by atoms with Gasteiger partial charge < -0.3 is 15.3 Å². The lowest BCUT2D eigenvalue weighted by Gasteiger charge is -2.57. The largest absolute Gasteiger partial charge is 0.396 e. The molecule has 3 heteroatoms. The predicted octanol–water partition coefficient (Wildman–Crippen LogP) is 3.43. The van der Waals surface area contributed by atoms with Crippen LogP contribution in [0.25, 0.3) is 0 Å². The number of allylic oxidation sites excluding steroid dienone is 2. The Kier molecular flexibility index (Phi) is 4.44. The van der Waals surface area contributed by atoms with E-state index in [2.05, 4.69) is 20.8 Å². The summed E-state index contributed by atoms with van der Waals surface area (Å²) in [5, 5.41) is 29.6. The molecule has 0 aromatic rings. The second kappa shape index (κ2) is 5.86. The van der Waals surface area contributed by atoms with E-state index in [1.165, 1.54) is 31.3 Å². The molecule has 23 heavy (non-hydrogen) atoms. The zero-order valence-corrected chi connectivity index (χ0v) is 15.1. The minimum atomic E-state index is -0.810. The van der Waals surface area contributed by atoms with E-state index in [9.17, 15) is 15.3 Å². The number of rotatable bonds is 3. The van der Waals surface area contributed by atoms with Crippen molar-refractivity contribution < 1.29 is 15.3 Å². The van der Waals surface area contributed by atoms with Crippen LogP contribution in [-0.4, -0.2) is 34.6 Å². The molecule has 1 unspecified atom stereocenters. The molecule has 0 aliphatic heterocycles. The van der Waals surface area contributed by atoms with Crippen LogP contribution in [0.2, 0.25) is 0 Å². The Balaban J connectivity index is 1.94. The van der Waals surface area contributed by atoms with E-state index in [0.29, 0.717) is 10.8 Å². The summed E-state index contributed by atoms with van der Waals surface area (Å²) in [6.07, 6.45) is 8.01. The first-order valence-electron chi connectivity index (χ1n) is 9.40. The van der Waals surface area contributed by atoms with Crippen molar-refractivity contribution in [2.45, 2.75) is 78.2 Å². The molecule has 3 rings (SSSR count). The fourth-order valence-corrected chi connectivity index (χ4v) is 6.33. The summed E-state index contributed by atoms with van der Waals surface area (Å²) >= 11 is 0. The van der Waals surface area contributed by atoms with Crippen LogP contribution in [0.3, 0.4) is 0 Å². The SMILES string of the molecule is CC1(C)CCC[C@]2(C)C3=C(CC[C@@H]12)C[C@](CO)(C(O)CO)CC3. The topological polar surface area (TPSA) is 60.7 Å². The summed E-state index contributed by atoms with van der Waals surface area (Å²) < 4.78 is 0. The molecule has 0 spiro atoms. The van der Waals surface area contributed by atoms with Gasteiger partial charge in [-0.15, -0.1) is 0 Å². The van der Waals surface area contributed by atoms with E-state index < -0.39 is 11.5 Å². The normalized spacial score (nSPS) is 41.2. The highest BCUT2D eigenvalue weighted by atomic mass is 16.3. The van der Waals surface area contributed by atoms with Gasteiger partial charge in [-0.1, -0.05) is 38.3 Å².